The van der Waals surface area contributed by atoms with Gasteiger partial charge in [-0.15, -0.1) is 11.8 Å². The molecule has 0 aromatic heterocycles. The second-order valence-electron chi connectivity index (χ2n) is 9.25. The van der Waals surface area contributed by atoms with Gasteiger partial charge in [-0.25, -0.2) is 17.6 Å². The van der Waals surface area contributed by atoms with Crippen LogP contribution in [0.1, 0.15) is 6.42 Å². The Hall–Kier alpha value is -1.87. The van der Waals surface area contributed by atoms with Crippen molar-refractivity contribution in [2.75, 3.05) is 46.7 Å². The van der Waals surface area contributed by atoms with Crippen LogP contribution in [0.2, 0.25) is 0 Å². The molecule has 0 bridgehead atoms. The maximum absolute atomic E-state index is 13.7. The van der Waals surface area contributed by atoms with Crippen LogP contribution in [-0.4, -0.2) is 117 Å². The highest BCUT2D eigenvalue weighted by Gasteiger charge is 2.76. The molecule has 22 heteroatoms. The smallest absolute Gasteiger partial charge is 0.381 e. The van der Waals surface area contributed by atoms with E-state index in [0.717, 1.165) is 0 Å². The molecule has 0 N–H and O–H groups in total. The van der Waals surface area contributed by atoms with Crippen LogP contribution in [-0.2, 0) is 19.1 Å². The van der Waals surface area contributed by atoms with E-state index < -0.39 is 85.2 Å². The molecule has 0 saturated heterocycles. The van der Waals surface area contributed by atoms with Gasteiger partial charge in [-0.05, 0) is 0 Å². The average Bonchev–Trinajstić information content (AvgIpc) is 2.79. The number of carbonyl (C=O) groups excluding carboxylic acids is 2. The van der Waals surface area contributed by atoms with Crippen molar-refractivity contribution in [1.29, 1.82) is 0 Å². The van der Waals surface area contributed by atoms with Gasteiger partial charge in [-0.2, -0.15) is 52.7 Å². The number of carbonyl (C=O) groups is 2. The van der Waals surface area contributed by atoms with Gasteiger partial charge in [-0.1, -0.05) is 0 Å². The van der Waals surface area contributed by atoms with Gasteiger partial charge in [0.1, 0.15) is 5.25 Å². The number of alkyl halides is 16. The predicted molar refractivity (Wildman–Crippen MR) is 107 cm³/mol. The molecule has 0 aromatic carbocycles. The van der Waals surface area contributed by atoms with Crippen molar-refractivity contribution < 1.29 is 93.8 Å². The summed E-state index contributed by atoms with van der Waals surface area (Å²) < 4.78 is 216. The lowest BCUT2D eigenvalue weighted by molar-refractivity contribution is -0.867. The van der Waals surface area contributed by atoms with E-state index in [1.807, 2.05) is 0 Å². The van der Waals surface area contributed by atoms with Crippen molar-refractivity contribution in [2.45, 2.75) is 60.1 Å². The van der Waals surface area contributed by atoms with E-state index in [1.165, 1.54) is 0 Å². The van der Waals surface area contributed by atoms with Crippen LogP contribution in [0.4, 0.5) is 70.2 Å². The molecule has 0 fully saturated rings. The summed E-state index contributed by atoms with van der Waals surface area (Å²) in [6.45, 7) is -5.86. The third-order valence-electron chi connectivity index (χ3n) is 4.81. The summed E-state index contributed by atoms with van der Waals surface area (Å²) >= 11 is 0.254. The van der Waals surface area contributed by atoms with Crippen molar-refractivity contribution in [3.63, 3.8) is 0 Å². The lowest BCUT2D eigenvalue weighted by atomic mass is 10.1. The van der Waals surface area contributed by atoms with Gasteiger partial charge in [0.2, 0.25) is 0 Å². The Morgan fingerprint density at radius 1 is 0.683 bits per heavy atom. The molecule has 1 atom stereocenters. The Kier molecular flexibility index (Phi) is 12.6. The van der Waals surface area contributed by atoms with Crippen LogP contribution in [0.15, 0.2) is 0 Å². The lowest BCUT2D eigenvalue weighted by Gasteiger charge is -2.32. The zero-order chi connectivity index (χ0) is 33.0. The third-order valence-corrected chi connectivity index (χ3v) is 5.99. The molecule has 244 valence electrons. The Bertz CT molecular complexity index is 895. The SMILES string of the molecule is C[N+](C)(C)CCSC(CC(=O)OCC(F)(F)C(F)(F)C(F)(F)C(F)F)C(=O)OCC(F)(F)C(F)(F)C(F)(F)C(F)F. The van der Waals surface area contributed by atoms with Gasteiger partial charge in [0.15, 0.2) is 13.2 Å². The van der Waals surface area contributed by atoms with Crippen molar-refractivity contribution in [2.24, 2.45) is 0 Å². The van der Waals surface area contributed by atoms with Gasteiger partial charge >= 0.3 is 60.3 Å². The van der Waals surface area contributed by atoms with Gasteiger partial charge in [0.25, 0.3) is 0 Å². The second kappa shape index (κ2) is 13.2. The molecule has 0 rings (SSSR count). The Balaban J connectivity index is 5.71. The number of halogens is 16. The molecule has 0 amide bonds. The second-order valence-corrected chi connectivity index (χ2v) is 10.6. The van der Waals surface area contributed by atoms with Crippen LogP contribution in [0.5, 0.6) is 0 Å². The number of quaternary nitrogens is 1. The summed E-state index contributed by atoms with van der Waals surface area (Å²) in [6.07, 6.45) is -12.2. The molecular formula is C19H22F16NO4S+. The molecule has 0 aromatic rings. The molecule has 5 nitrogen and oxygen atoms in total. The number of ether oxygens (including phenoxy) is 2. The Morgan fingerprint density at radius 2 is 1.05 bits per heavy atom. The van der Waals surface area contributed by atoms with Crippen LogP contribution < -0.4 is 0 Å². The van der Waals surface area contributed by atoms with E-state index in [1.54, 1.807) is 21.1 Å². The van der Waals surface area contributed by atoms with E-state index in [-0.39, 0.29) is 28.5 Å². The maximum atomic E-state index is 13.7. The lowest BCUT2D eigenvalue weighted by Crippen LogP contribution is -2.59. The first-order valence-electron chi connectivity index (χ1n) is 10.6. The standard InChI is InChI=1S/C19H22F16NO4S/c1-36(2,3)4-5-41-9(11(38)40-8-15(26,27)19(34,35)17(30,31)13(22)23)6-10(37)39-7-14(24,25)18(32,33)16(28,29)12(20)21/h9,12-13H,4-8H2,1-3H3/q+1. The molecule has 41 heavy (non-hydrogen) atoms. The van der Waals surface area contributed by atoms with Crippen molar-refractivity contribution in [3.8, 4) is 0 Å². The van der Waals surface area contributed by atoms with E-state index in [2.05, 4.69) is 9.47 Å². The number of thioether (sulfide) groups is 1. The van der Waals surface area contributed by atoms with Gasteiger partial charge in [-0.3, -0.25) is 9.59 Å². The van der Waals surface area contributed by atoms with Crippen molar-refractivity contribution >= 4 is 23.7 Å². The fourth-order valence-corrected chi connectivity index (χ4v) is 3.65. The average molecular weight is 664 g/mol. The fraction of sp³-hybridized carbons (Fsp3) is 0.895. The highest BCUT2D eigenvalue weighted by atomic mass is 32.2. The van der Waals surface area contributed by atoms with Crippen LogP contribution in [0.25, 0.3) is 0 Å². The summed E-state index contributed by atoms with van der Waals surface area (Å²) in [6, 6.07) is 0. The predicted octanol–water partition coefficient (Wildman–Crippen LogP) is 5.61. The van der Waals surface area contributed by atoms with E-state index in [0.29, 0.717) is 0 Å². The first kappa shape index (κ1) is 39.1. The van der Waals surface area contributed by atoms with Crippen LogP contribution in [0, 0.1) is 0 Å². The molecule has 0 aliphatic rings. The number of hydrogen-bond acceptors (Lipinski definition) is 5. The summed E-state index contributed by atoms with van der Waals surface area (Å²) in [5.41, 5.74) is 0. The Morgan fingerprint density at radius 3 is 1.39 bits per heavy atom. The van der Waals surface area contributed by atoms with Gasteiger partial charge in [0.05, 0.1) is 34.1 Å². The monoisotopic (exact) mass is 664 g/mol. The van der Waals surface area contributed by atoms with Crippen LogP contribution >= 0.6 is 11.8 Å². The third kappa shape index (κ3) is 9.31. The first-order valence-corrected chi connectivity index (χ1v) is 11.6. The quantitative estimate of drug-likeness (QED) is 0.115. The van der Waals surface area contributed by atoms with Crippen LogP contribution in [0.3, 0.4) is 0 Å². The minimum Gasteiger partial charge on any atom is -0.459 e. The van der Waals surface area contributed by atoms with E-state index >= 15 is 0 Å². The van der Waals surface area contributed by atoms with Gasteiger partial charge < -0.3 is 14.0 Å². The molecule has 0 radical (unpaired) electrons. The zero-order valence-electron chi connectivity index (χ0n) is 20.8. The Labute approximate surface area is 225 Å². The summed E-state index contributed by atoms with van der Waals surface area (Å²) in [7, 11) is 4.64. The number of hydrogen-bond donors (Lipinski definition) is 0. The largest absolute Gasteiger partial charge is 0.459 e. The normalized spacial score (nSPS) is 15.3. The summed E-state index contributed by atoms with van der Waals surface area (Å²) in [5.74, 6) is -43.5. The highest BCUT2D eigenvalue weighted by molar-refractivity contribution is 8.00. The molecular weight excluding hydrogens is 642 g/mol. The zero-order valence-corrected chi connectivity index (χ0v) is 21.6. The molecule has 0 spiro atoms. The van der Waals surface area contributed by atoms with Crippen molar-refractivity contribution in [1.82, 2.24) is 0 Å². The number of rotatable bonds is 17. The summed E-state index contributed by atoms with van der Waals surface area (Å²) in [4.78, 5) is 24.0. The maximum Gasteiger partial charge on any atom is 0.381 e. The molecule has 0 heterocycles. The van der Waals surface area contributed by atoms with E-state index in [9.17, 15) is 79.8 Å². The molecule has 1 unspecified atom stereocenters. The minimum absolute atomic E-state index is 0.0609. The molecule has 0 aliphatic carbocycles. The minimum atomic E-state index is -6.78. The van der Waals surface area contributed by atoms with E-state index in [4.69, 9.17) is 0 Å². The van der Waals surface area contributed by atoms with Crippen molar-refractivity contribution in [3.05, 3.63) is 0 Å². The van der Waals surface area contributed by atoms with Gasteiger partial charge in [0, 0.05) is 5.75 Å². The molecule has 0 saturated carbocycles. The fourth-order valence-electron chi connectivity index (χ4n) is 2.26. The molecule has 0 aliphatic heterocycles. The first-order chi connectivity index (χ1) is 18.0. The number of esters is 2. The topological polar surface area (TPSA) is 52.6 Å². The highest BCUT2D eigenvalue weighted by Crippen LogP contribution is 2.49. The summed E-state index contributed by atoms with van der Waals surface area (Å²) in [5, 5.41) is -2.20. The number of nitrogens with zero attached hydrogens (tertiary/aromatic N) is 1.